The molecule has 5 rings (SSSR count). The zero-order valence-corrected chi connectivity index (χ0v) is 18.6. The molecule has 1 atom stereocenters. The van der Waals surface area contributed by atoms with E-state index in [9.17, 15) is 9.59 Å². The average molecular weight is 431 g/mol. The van der Waals surface area contributed by atoms with Crippen LogP contribution in [0.25, 0.3) is 5.65 Å². The second-order valence-electron chi connectivity index (χ2n) is 9.09. The van der Waals surface area contributed by atoms with Gasteiger partial charge in [0.2, 0.25) is 11.8 Å². The number of carbonyl (C=O) groups excluding carboxylic acids is 2. The highest BCUT2D eigenvalue weighted by Gasteiger charge is 2.42. The molecule has 0 bridgehead atoms. The van der Waals surface area contributed by atoms with Gasteiger partial charge in [0.1, 0.15) is 11.7 Å². The summed E-state index contributed by atoms with van der Waals surface area (Å²) >= 11 is 0. The number of aromatic nitrogens is 2. The Balaban J connectivity index is 1.43. The number of benzene rings is 1. The lowest BCUT2D eigenvalue weighted by atomic mass is 9.70. The van der Waals surface area contributed by atoms with Crippen molar-refractivity contribution < 1.29 is 9.59 Å². The van der Waals surface area contributed by atoms with Gasteiger partial charge in [-0.25, -0.2) is 4.98 Å². The predicted octanol–water partition coefficient (Wildman–Crippen LogP) is 3.64. The van der Waals surface area contributed by atoms with Crippen LogP contribution in [0.1, 0.15) is 50.3 Å². The zero-order chi connectivity index (χ0) is 22.1. The minimum atomic E-state index is -0.305. The van der Waals surface area contributed by atoms with E-state index in [2.05, 4.69) is 34.9 Å². The van der Waals surface area contributed by atoms with E-state index in [1.807, 2.05) is 35.4 Å². The summed E-state index contributed by atoms with van der Waals surface area (Å²) in [5.74, 6) is 0.111. The third-order valence-corrected chi connectivity index (χ3v) is 7.30. The fourth-order valence-electron chi connectivity index (χ4n) is 5.50. The van der Waals surface area contributed by atoms with Gasteiger partial charge in [-0.1, -0.05) is 36.4 Å². The van der Waals surface area contributed by atoms with Gasteiger partial charge in [-0.2, -0.15) is 0 Å². The Morgan fingerprint density at radius 1 is 0.969 bits per heavy atom. The van der Waals surface area contributed by atoms with E-state index in [-0.39, 0.29) is 23.3 Å². The van der Waals surface area contributed by atoms with E-state index in [0.29, 0.717) is 19.6 Å². The highest BCUT2D eigenvalue weighted by molar-refractivity contribution is 5.87. The number of fused-ring (bicyclic) bond motifs is 1. The van der Waals surface area contributed by atoms with E-state index in [1.165, 1.54) is 5.56 Å². The largest absolute Gasteiger partial charge is 0.341 e. The number of piperidine rings is 2. The SMILES string of the molecule is CC(=O)N1CCCCC1C(=O)N1CCC(c2ccccc2)(c2cn3ccccc3n2)CC1. The lowest BCUT2D eigenvalue weighted by molar-refractivity contribution is -0.147. The number of amides is 2. The smallest absolute Gasteiger partial charge is 0.245 e. The molecule has 0 radical (unpaired) electrons. The van der Waals surface area contributed by atoms with Crippen LogP contribution in [0.15, 0.2) is 60.9 Å². The molecule has 166 valence electrons. The Hall–Kier alpha value is -3.15. The van der Waals surface area contributed by atoms with Crippen LogP contribution in [0.2, 0.25) is 0 Å². The van der Waals surface area contributed by atoms with Crippen LogP contribution in [-0.4, -0.2) is 56.7 Å². The van der Waals surface area contributed by atoms with Crippen LogP contribution in [0.5, 0.6) is 0 Å². The summed E-state index contributed by atoms with van der Waals surface area (Å²) in [5.41, 5.74) is 3.02. The molecule has 2 saturated heterocycles. The average Bonchev–Trinajstić information content (AvgIpc) is 3.29. The molecule has 1 aromatic carbocycles. The number of nitrogens with zero attached hydrogens (tertiary/aromatic N) is 4. The predicted molar refractivity (Wildman–Crippen MR) is 123 cm³/mol. The van der Waals surface area contributed by atoms with Gasteiger partial charge in [-0.05, 0) is 49.8 Å². The summed E-state index contributed by atoms with van der Waals surface area (Å²) in [7, 11) is 0. The lowest BCUT2D eigenvalue weighted by Gasteiger charge is -2.44. The minimum Gasteiger partial charge on any atom is -0.341 e. The summed E-state index contributed by atoms with van der Waals surface area (Å²) in [6.45, 7) is 3.61. The molecule has 32 heavy (non-hydrogen) atoms. The Morgan fingerprint density at radius 2 is 1.72 bits per heavy atom. The van der Waals surface area contributed by atoms with Crippen LogP contribution in [0, 0.1) is 0 Å². The third-order valence-electron chi connectivity index (χ3n) is 7.30. The maximum atomic E-state index is 13.4. The second-order valence-corrected chi connectivity index (χ2v) is 9.09. The van der Waals surface area contributed by atoms with Crippen molar-refractivity contribution in [2.24, 2.45) is 0 Å². The quantitative estimate of drug-likeness (QED) is 0.637. The molecule has 2 aliphatic rings. The molecule has 3 aromatic rings. The van der Waals surface area contributed by atoms with Crippen molar-refractivity contribution in [3.8, 4) is 0 Å². The second kappa shape index (κ2) is 8.41. The standard InChI is InChI=1S/C26H30N4O2/c1-20(31)30-16-8-5-11-22(30)25(32)28-17-13-26(14-18-28,21-9-3-2-4-10-21)23-19-29-15-7-6-12-24(29)27-23/h2-4,6-7,9-10,12,15,19,22H,5,8,11,13-14,16-18H2,1H3. The molecule has 2 amide bonds. The highest BCUT2D eigenvalue weighted by Crippen LogP contribution is 2.41. The van der Waals surface area contributed by atoms with Crippen molar-refractivity contribution in [3.05, 3.63) is 72.2 Å². The maximum absolute atomic E-state index is 13.4. The summed E-state index contributed by atoms with van der Waals surface area (Å²) in [6.07, 6.45) is 8.56. The van der Waals surface area contributed by atoms with Crippen molar-refractivity contribution in [1.29, 1.82) is 0 Å². The Kier molecular flexibility index (Phi) is 5.45. The number of imidazole rings is 1. The fraction of sp³-hybridized carbons (Fsp3) is 0.423. The lowest BCUT2D eigenvalue weighted by Crippen LogP contribution is -2.55. The van der Waals surface area contributed by atoms with Gasteiger partial charge in [-0.3, -0.25) is 9.59 Å². The number of carbonyl (C=O) groups is 2. The zero-order valence-electron chi connectivity index (χ0n) is 18.6. The van der Waals surface area contributed by atoms with Crippen LogP contribution in [0.4, 0.5) is 0 Å². The Bertz CT molecular complexity index is 1080. The molecule has 0 saturated carbocycles. The van der Waals surface area contributed by atoms with E-state index < -0.39 is 0 Å². The van der Waals surface area contributed by atoms with Gasteiger partial charge in [0.25, 0.3) is 0 Å². The van der Waals surface area contributed by atoms with E-state index >= 15 is 0 Å². The number of rotatable bonds is 3. The molecule has 1 unspecified atom stereocenters. The van der Waals surface area contributed by atoms with Gasteiger partial charge in [0.05, 0.1) is 5.69 Å². The normalized spacial score (nSPS) is 21.0. The molecule has 6 heteroatoms. The first-order chi connectivity index (χ1) is 15.6. The Labute approximate surface area is 188 Å². The van der Waals surface area contributed by atoms with Gasteiger partial charge in [0.15, 0.2) is 0 Å². The fourth-order valence-corrected chi connectivity index (χ4v) is 5.50. The number of pyridine rings is 1. The van der Waals surface area contributed by atoms with E-state index in [0.717, 1.165) is 43.4 Å². The van der Waals surface area contributed by atoms with Crippen LogP contribution in [-0.2, 0) is 15.0 Å². The van der Waals surface area contributed by atoms with Gasteiger partial charge in [-0.15, -0.1) is 0 Å². The molecular weight excluding hydrogens is 400 g/mol. The van der Waals surface area contributed by atoms with E-state index in [1.54, 1.807) is 11.8 Å². The van der Waals surface area contributed by atoms with Gasteiger partial charge < -0.3 is 14.2 Å². The first-order valence-corrected chi connectivity index (χ1v) is 11.6. The number of likely N-dealkylation sites (tertiary alicyclic amines) is 2. The molecule has 4 heterocycles. The van der Waals surface area contributed by atoms with Crippen molar-refractivity contribution in [1.82, 2.24) is 19.2 Å². The monoisotopic (exact) mass is 430 g/mol. The summed E-state index contributed by atoms with van der Waals surface area (Å²) in [6, 6.07) is 16.3. The summed E-state index contributed by atoms with van der Waals surface area (Å²) in [5, 5.41) is 0. The van der Waals surface area contributed by atoms with Crippen LogP contribution >= 0.6 is 0 Å². The molecule has 2 aliphatic heterocycles. The first kappa shape index (κ1) is 20.7. The Morgan fingerprint density at radius 3 is 2.44 bits per heavy atom. The topological polar surface area (TPSA) is 57.9 Å². The third kappa shape index (κ3) is 3.57. The van der Waals surface area contributed by atoms with Gasteiger partial charge in [0, 0.05) is 44.4 Å². The number of hydrogen-bond acceptors (Lipinski definition) is 3. The summed E-state index contributed by atoms with van der Waals surface area (Å²) < 4.78 is 2.07. The van der Waals surface area contributed by atoms with E-state index in [4.69, 9.17) is 4.98 Å². The summed E-state index contributed by atoms with van der Waals surface area (Å²) in [4.78, 5) is 34.2. The molecule has 0 spiro atoms. The molecule has 2 aromatic heterocycles. The molecule has 2 fully saturated rings. The van der Waals surface area contributed by atoms with Crippen LogP contribution in [0.3, 0.4) is 0 Å². The van der Waals surface area contributed by atoms with Crippen LogP contribution < -0.4 is 0 Å². The molecule has 0 N–H and O–H groups in total. The maximum Gasteiger partial charge on any atom is 0.245 e. The first-order valence-electron chi connectivity index (χ1n) is 11.6. The van der Waals surface area contributed by atoms with Crippen molar-refractivity contribution >= 4 is 17.5 Å². The molecule has 0 aliphatic carbocycles. The van der Waals surface area contributed by atoms with Crippen molar-refractivity contribution in [3.63, 3.8) is 0 Å². The highest BCUT2D eigenvalue weighted by atomic mass is 16.2. The van der Waals surface area contributed by atoms with Crippen molar-refractivity contribution in [2.45, 2.75) is 50.5 Å². The van der Waals surface area contributed by atoms with Crippen molar-refractivity contribution in [2.75, 3.05) is 19.6 Å². The molecule has 6 nitrogen and oxygen atoms in total. The molecular formula is C26H30N4O2. The minimum absolute atomic E-state index is 0.00314. The number of hydrogen-bond donors (Lipinski definition) is 0. The van der Waals surface area contributed by atoms with Gasteiger partial charge >= 0.3 is 0 Å².